The van der Waals surface area contributed by atoms with Gasteiger partial charge in [0.2, 0.25) is 0 Å². The highest BCUT2D eigenvalue weighted by atomic mass is 16.5. The van der Waals surface area contributed by atoms with Crippen LogP contribution in [0.3, 0.4) is 0 Å². The summed E-state index contributed by atoms with van der Waals surface area (Å²) in [7, 11) is 1.32. The topological polar surface area (TPSA) is 62.1 Å². The van der Waals surface area contributed by atoms with Crippen molar-refractivity contribution in [3.63, 3.8) is 0 Å². The molecule has 0 saturated heterocycles. The van der Waals surface area contributed by atoms with Crippen molar-refractivity contribution in [2.45, 2.75) is 6.42 Å². The van der Waals surface area contributed by atoms with Gasteiger partial charge in [0.05, 0.1) is 13.2 Å². The molecule has 0 spiro atoms. The summed E-state index contributed by atoms with van der Waals surface area (Å²) in [5.74, 6) is -0.363. The number of allylic oxidation sites excluding steroid dienone is 1. The maximum atomic E-state index is 10.8. The normalized spacial score (nSPS) is 10.5. The highest BCUT2D eigenvalue weighted by molar-refractivity contribution is 5.71. The Balaban J connectivity index is 2.52. The molecule has 1 aromatic rings. The third-order valence-corrected chi connectivity index (χ3v) is 2.13. The molecule has 1 N–H and O–H groups in total. The second-order valence-corrected chi connectivity index (χ2v) is 3.40. The minimum atomic E-state index is -0.363. The van der Waals surface area contributed by atoms with Crippen LogP contribution >= 0.6 is 0 Å². The Kier molecular flexibility index (Phi) is 5.32. The molecule has 4 nitrogen and oxygen atoms in total. The van der Waals surface area contributed by atoms with E-state index in [1.807, 2.05) is 30.3 Å². The average molecular weight is 230 g/mol. The predicted molar refractivity (Wildman–Crippen MR) is 63.9 cm³/mol. The Hall–Kier alpha value is -2.28. The lowest BCUT2D eigenvalue weighted by Crippen LogP contribution is -2.19. The van der Waals surface area contributed by atoms with Crippen LogP contribution < -0.4 is 5.32 Å². The molecular weight excluding hydrogens is 216 g/mol. The second-order valence-electron chi connectivity index (χ2n) is 3.40. The van der Waals surface area contributed by atoms with E-state index in [-0.39, 0.29) is 12.5 Å². The Morgan fingerprint density at radius 2 is 2.18 bits per heavy atom. The van der Waals surface area contributed by atoms with Crippen LogP contribution in [0.25, 0.3) is 0 Å². The lowest BCUT2D eigenvalue weighted by atomic mass is 10.1. The average Bonchev–Trinajstić information content (AvgIpc) is 2.38. The van der Waals surface area contributed by atoms with Crippen LogP contribution in [0.1, 0.15) is 5.56 Å². The molecule has 0 heterocycles. The molecule has 17 heavy (non-hydrogen) atoms. The van der Waals surface area contributed by atoms with Crippen LogP contribution in [-0.2, 0) is 16.0 Å². The van der Waals surface area contributed by atoms with Crippen molar-refractivity contribution in [3.05, 3.63) is 47.7 Å². The summed E-state index contributed by atoms with van der Waals surface area (Å²) in [5.41, 5.74) is 1.63. The van der Waals surface area contributed by atoms with E-state index in [2.05, 4.69) is 16.1 Å². The van der Waals surface area contributed by atoms with Gasteiger partial charge in [-0.3, -0.25) is 4.79 Å². The van der Waals surface area contributed by atoms with Gasteiger partial charge in [0, 0.05) is 18.2 Å². The second kappa shape index (κ2) is 7.07. The zero-order chi connectivity index (χ0) is 12.5. The summed E-state index contributed by atoms with van der Waals surface area (Å²) in [4.78, 5) is 10.8. The minimum Gasteiger partial charge on any atom is -0.468 e. The molecule has 0 aliphatic heterocycles. The van der Waals surface area contributed by atoms with Gasteiger partial charge in [-0.2, -0.15) is 5.26 Å². The van der Waals surface area contributed by atoms with Crippen LogP contribution in [0.15, 0.2) is 42.1 Å². The van der Waals surface area contributed by atoms with Crippen molar-refractivity contribution in [1.82, 2.24) is 5.32 Å². The number of esters is 1. The van der Waals surface area contributed by atoms with E-state index in [9.17, 15) is 4.79 Å². The van der Waals surface area contributed by atoms with E-state index in [1.165, 1.54) is 7.11 Å². The van der Waals surface area contributed by atoms with Gasteiger partial charge in [-0.1, -0.05) is 30.3 Å². The molecule has 0 unspecified atom stereocenters. The standard InChI is InChI=1S/C13H14N2O2/c1-17-13(16)10-15-9-12(8-14)7-11-5-3-2-4-6-11/h2-6,9,15H,7,10H2,1H3/b12-9+. The molecule has 88 valence electrons. The van der Waals surface area contributed by atoms with Crippen LogP contribution in [-0.4, -0.2) is 19.6 Å². The number of carbonyl (C=O) groups is 1. The largest absolute Gasteiger partial charge is 0.468 e. The van der Waals surface area contributed by atoms with E-state index >= 15 is 0 Å². The molecule has 0 amide bonds. The molecule has 0 saturated carbocycles. The summed E-state index contributed by atoms with van der Waals surface area (Å²) in [6, 6.07) is 11.8. The number of hydrogen-bond donors (Lipinski definition) is 1. The van der Waals surface area contributed by atoms with Crippen molar-refractivity contribution >= 4 is 5.97 Å². The van der Waals surface area contributed by atoms with Gasteiger partial charge >= 0.3 is 5.97 Å². The monoisotopic (exact) mass is 230 g/mol. The Labute approximate surface area is 101 Å². The summed E-state index contributed by atoms with van der Waals surface area (Å²) in [6.07, 6.45) is 2.09. The van der Waals surface area contributed by atoms with Crippen molar-refractivity contribution in [2.75, 3.05) is 13.7 Å². The van der Waals surface area contributed by atoms with Crippen molar-refractivity contribution < 1.29 is 9.53 Å². The number of hydrogen-bond acceptors (Lipinski definition) is 4. The maximum Gasteiger partial charge on any atom is 0.325 e. The Bertz CT molecular complexity index is 432. The van der Waals surface area contributed by atoms with Crippen LogP contribution in [0.4, 0.5) is 0 Å². The number of benzene rings is 1. The fourth-order valence-electron chi connectivity index (χ4n) is 1.27. The van der Waals surface area contributed by atoms with Gasteiger partial charge in [-0.15, -0.1) is 0 Å². The molecule has 0 fully saturated rings. The van der Waals surface area contributed by atoms with Crippen LogP contribution in [0, 0.1) is 11.3 Å². The summed E-state index contributed by atoms with van der Waals surface area (Å²) >= 11 is 0. The van der Waals surface area contributed by atoms with Crippen molar-refractivity contribution in [1.29, 1.82) is 5.26 Å². The first-order valence-electron chi connectivity index (χ1n) is 5.19. The molecule has 4 heteroatoms. The molecule has 0 aliphatic carbocycles. The zero-order valence-corrected chi connectivity index (χ0v) is 9.64. The first-order valence-corrected chi connectivity index (χ1v) is 5.19. The fourth-order valence-corrected chi connectivity index (χ4v) is 1.27. The van der Waals surface area contributed by atoms with Crippen LogP contribution in [0.2, 0.25) is 0 Å². The highest BCUT2D eigenvalue weighted by Crippen LogP contribution is 2.05. The maximum absolute atomic E-state index is 10.8. The SMILES string of the molecule is COC(=O)CN/C=C(/C#N)Cc1ccccc1. The van der Waals surface area contributed by atoms with E-state index in [4.69, 9.17) is 5.26 Å². The predicted octanol–water partition coefficient (Wildman–Crippen LogP) is 1.40. The molecule has 1 aromatic carbocycles. The first-order chi connectivity index (χ1) is 8.26. The van der Waals surface area contributed by atoms with E-state index in [0.29, 0.717) is 12.0 Å². The Morgan fingerprint density at radius 1 is 1.47 bits per heavy atom. The fraction of sp³-hybridized carbons (Fsp3) is 0.231. The summed E-state index contributed by atoms with van der Waals surface area (Å²) in [5, 5.41) is 11.7. The highest BCUT2D eigenvalue weighted by Gasteiger charge is 2.00. The third kappa shape index (κ3) is 4.85. The van der Waals surface area contributed by atoms with E-state index in [0.717, 1.165) is 5.56 Å². The smallest absolute Gasteiger partial charge is 0.325 e. The Morgan fingerprint density at radius 3 is 2.76 bits per heavy atom. The van der Waals surface area contributed by atoms with Crippen molar-refractivity contribution in [3.8, 4) is 6.07 Å². The molecule has 1 rings (SSSR count). The van der Waals surface area contributed by atoms with Gasteiger partial charge in [0.1, 0.15) is 6.54 Å². The number of carbonyl (C=O) groups excluding carboxylic acids is 1. The first kappa shape index (κ1) is 12.8. The molecule has 0 aliphatic rings. The lowest BCUT2D eigenvalue weighted by Gasteiger charge is -2.01. The van der Waals surface area contributed by atoms with Gasteiger partial charge in [-0.05, 0) is 5.56 Å². The molecule has 0 radical (unpaired) electrons. The van der Waals surface area contributed by atoms with E-state index < -0.39 is 0 Å². The lowest BCUT2D eigenvalue weighted by molar-refractivity contribution is -0.139. The number of nitrogens with one attached hydrogen (secondary N) is 1. The van der Waals surface area contributed by atoms with Crippen LogP contribution in [0.5, 0.6) is 0 Å². The molecular formula is C13H14N2O2. The van der Waals surface area contributed by atoms with E-state index in [1.54, 1.807) is 6.20 Å². The third-order valence-electron chi connectivity index (χ3n) is 2.13. The number of nitriles is 1. The minimum absolute atomic E-state index is 0.0659. The quantitative estimate of drug-likeness (QED) is 0.613. The van der Waals surface area contributed by atoms with Gasteiger partial charge in [-0.25, -0.2) is 0 Å². The zero-order valence-electron chi connectivity index (χ0n) is 9.64. The summed E-state index contributed by atoms with van der Waals surface area (Å²) in [6.45, 7) is 0.0659. The number of rotatable bonds is 5. The number of methoxy groups -OCH3 is 1. The number of ether oxygens (including phenoxy) is 1. The molecule has 0 bridgehead atoms. The number of nitrogens with zero attached hydrogens (tertiary/aromatic N) is 1. The molecule has 0 aromatic heterocycles. The summed E-state index contributed by atoms with van der Waals surface area (Å²) < 4.78 is 4.47. The van der Waals surface area contributed by atoms with Gasteiger partial charge < -0.3 is 10.1 Å². The van der Waals surface area contributed by atoms with Crippen molar-refractivity contribution in [2.24, 2.45) is 0 Å². The van der Waals surface area contributed by atoms with Gasteiger partial charge in [0.15, 0.2) is 0 Å². The molecule has 0 atom stereocenters. The van der Waals surface area contributed by atoms with Gasteiger partial charge in [0.25, 0.3) is 0 Å².